The molecular weight excluding hydrogens is 463 g/mol. The lowest BCUT2D eigenvalue weighted by Gasteiger charge is -2.04. The van der Waals surface area contributed by atoms with Gasteiger partial charge in [0, 0.05) is 29.2 Å². The summed E-state index contributed by atoms with van der Waals surface area (Å²) in [5.74, 6) is 0.624. The first-order valence-corrected chi connectivity index (χ1v) is 11.3. The minimum Gasteiger partial charge on any atom is -0.304 e. The fourth-order valence-corrected chi connectivity index (χ4v) is 4.54. The van der Waals surface area contributed by atoms with E-state index in [2.05, 4.69) is 25.5 Å². The molecule has 3 heterocycles. The van der Waals surface area contributed by atoms with Crippen molar-refractivity contribution in [3.8, 4) is 22.8 Å². The van der Waals surface area contributed by atoms with Crippen molar-refractivity contribution in [2.45, 2.75) is 5.16 Å². The summed E-state index contributed by atoms with van der Waals surface area (Å²) < 4.78 is 1.81. The van der Waals surface area contributed by atoms with Crippen LogP contribution in [0.1, 0.15) is 0 Å². The molecule has 0 saturated carbocycles. The molecule has 4 aromatic rings. The first-order chi connectivity index (χ1) is 14.5. The number of carbonyl (C=O) groups is 1. The Bertz CT molecular complexity index is 1190. The molecule has 0 aliphatic rings. The number of nitrogens with zero attached hydrogens (tertiary/aromatic N) is 5. The number of thiazole rings is 1. The van der Waals surface area contributed by atoms with Crippen molar-refractivity contribution >= 4 is 57.3 Å². The van der Waals surface area contributed by atoms with Crippen LogP contribution in [0, 0.1) is 0 Å². The van der Waals surface area contributed by atoms with Gasteiger partial charge in [0.1, 0.15) is 5.69 Å². The fraction of sp³-hybridized carbons (Fsp3) is 0.105. The SMILES string of the molecule is Cn1c(SCC(=O)Nc2nc(-c3ccc(Cl)cc3Cl)cs2)nnc1-c1ccccn1. The Kier molecular flexibility index (Phi) is 6.33. The third-order valence-corrected chi connectivity index (χ3v) is 6.34. The van der Waals surface area contributed by atoms with E-state index in [0.29, 0.717) is 31.9 Å². The molecule has 11 heteroatoms. The van der Waals surface area contributed by atoms with Gasteiger partial charge in [0.2, 0.25) is 5.91 Å². The Morgan fingerprint density at radius 3 is 2.83 bits per heavy atom. The van der Waals surface area contributed by atoms with Gasteiger partial charge in [0.15, 0.2) is 16.1 Å². The van der Waals surface area contributed by atoms with E-state index in [0.717, 1.165) is 11.3 Å². The molecule has 1 N–H and O–H groups in total. The zero-order valence-corrected chi connectivity index (χ0v) is 18.7. The maximum atomic E-state index is 12.4. The van der Waals surface area contributed by atoms with E-state index < -0.39 is 0 Å². The summed E-state index contributed by atoms with van der Waals surface area (Å²) in [5.41, 5.74) is 2.16. The number of rotatable bonds is 6. The van der Waals surface area contributed by atoms with E-state index in [4.69, 9.17) is 23.2 Å². The number of pyridine rings is 1. The Morgan fingerprint density at radius 2 is 2.07 bits per heavy atom. The Labute approximate surface area is 190 Å². The van der Waals surface area contributed by atoms with Gasteiger partial charge in [-0.25, -0.2) is 4.98 Å². The number of halogens is 2. The van der Waals surface area contributed by atoms with E-state index in [1.165, 1.54) is 23.1 Å². The minimum atomic E-state index is -0.189. The van der Waals surface area contributed by atoms with Crippen LogP contribution < -0.4 is 5.32 Å². The van der Waals surface area contributed by atoms with Crippen LogP contribution in [-0.2, 0) is 11.8 Å². The third-order valence-electron chi connectivity index (χ3n) is 4.02. The number of carbonyl (C=O) groups excluding carboxylic acids is 1. The second-order valence-corrected chi connectivity index (χ2v) is 8.72. The van der Waals surface area contributed by atoms with Crippen LogP contribution in [0.4, 0.5) is 5.13 Å². The quantitative estimate of drug-likeness (QED) is 0.392. The smallest absolute Gasteiger partial charge is 0.236 e. The molecule has 7 nitrogen and oxygen atoms in total. The maximum Gasteiger partial charge on any atom is 0.236 e. The predicted octanol–water partition coefficient (Wildman–Crippen LogP) is 5.04. The molecule has 3 aromatic heterocycles. The fourth-order valence-electron chi connectivity index (χ4n) is 2.60. The van der Waals surface area contributed by atoms with Crippen molar-refractivity contribution in [3.63, 3.8) is 0 Å². The normalized spacial score (nSPS) is 10.9. The summed E-state index contributed by atoms with van der Waals surface area (Å²) in [7, 11) is 1.84. The van der Waals surface area contributed by atoms with Crippen LogP contribution in [0.15, 0.2) is 53.1 Å². The standard InChI is InChI=1S/C19H14Cl2N6OS2/c1-27-17(14-4-2-3-7-22-14)25-26-19(27)30-10-16(28)24-18-23-15(9-29-18)12-6-5-11(20)8-13(12)21/h2-9H,10H2,1H3,(H,23,24,28). The molecular formula is C19H14Cl2N6OS2. The second kappa shape index (κ2) is 9.13. The molecule has 1 amide bonds. The summed E-state index contributed by atoms with van der Waals surface area (Å²) in [6.07, 6.45) is 1.70. The highest BCUT2D eigenvalue weighted by Crippen LogP contribution is 2.32. The maximum absolute atomic E-state index is 12.4. The van der Waals surface area contributed by atoms with Crippen molar-refractivity contribution in [3.05, 3.63) is 58.0 Å². The Morgan fingerprint density at radius 1 is 1.20 bits per heavy atom. The van der Waals surface area contributed by atoms with Crippen molar-refractivity contribution < 1.29 is 4.79 Å². The van der Waals surface area contributed by atoms with E-state index in [-0.39, 0.29) is 11.7 Å². The number of hydrogen-bond acceptors (Lipinski definition) is 7. The molecule has 0 saturated heterocycles. The van der Waals surface area contributed by atoms with Gasteiger partial charge in [-0.1, -0.05) is 41.0 Å². The molecule has 0 atom stereocenters. The molecule has 0 bridgehead atoms. The van der Waals surface area contributed by atoms with Crippen LogP contribution in [0.25, 0.3) is 22.8 Å². The molecule has 0 spiro atoms. The summed E-state index contributed by atoms with van der Waals surface area (Å²) in [6, 6.07) is 10.8. The second-order valence-electron chi connectivity index (χ2n) is 6.08. The molecule has 30 heavy (non-hydrogen) atoms. The third kappa shape index (κ3) is 4.65. The molecule has 0 aliphatic heterocycles. The lowest BCUT2D eigenvalue weighted by Crippen LogP contribution is -2.14. The lowest BCUT2D eigenvalue weighted by molar-refractivity contribution is -0.113. The molecule has 152 valence electrons. The van der Waals surface area contributed by atoms with Gasteiger partial charge in [-0.05, 0) is 30.3 Å². The monoisotopic (exact) mass is 476 g/mol. The van der Waals surface area contributed by atoms with Gasteiger partial charge in [0.25, 0.3) is 0 Å². The zero-order chi connectivity index (χ0) is 21.1. The lowest BCUT2D eigenvalue weighted by atomic mass is 10.2. The van der Waals surface area contributed by atoms with Crippen LogP contribution in [0.3, 0.4) is 0 Å². The number of aromatic nitrogens is 5. The minimum absolute atomic E-state index is 0.171. The summed E-state index contributed by atoms with van der Waals surface area (Å²) in [6.45, 7) is 0. The molecule has 0 radical (unpaired) electrons. The van der Waals surface area contributed by atoms with Crippen molar-refractivity contribution in [2.75, 3.05) is 11.1 Å². The summed E-state index contributed by atoms with van der Waals surface area (Å²) >= 11 is 14.8. The molecule has 0 unspecified atom stereocenters. The number of anilines is 1. The van der Waals surface area contributed by atoms with E-state index >= 15 is 0 Å². The van der Waals surface area contributed by atoms with Gasteiger partial charge in [0.05, 0.1) is 16.5 Å². The van der Waals surface area contributed by atoms with Crippen LogP contribution >= 0.6 is 46.3 Å². The van der Waals surface area contributed by atoms with Crippen LogP contribution in [-0.4, -0.2) is 36.4 Å². The molecule has 4 rings (SSSR count). The van der Waals surface area contributed by atoms with Gasteiger partial charge in [-0.2, -0.15) is 0 Å². The average Bonchev–Trinajstić information content (AvgIpc) is 3.33. The summed E-state index contributed by atoms with van der Waals surface area (Å²) in [5, 5.41) is 15.1. The largest absolute Gasteiger partial charge is 0.304 e. The molecule has 0 fully saturated rings. The first-order valence-electron chi connectivity index (χ1n) is 8.65. The molecule has 1 aromatic carbocycles. The van der Waals surface area contributed by atoms with E-state index in [1.54, 1.807) is 24.4 Å². The number of thioether (sulfide) groups is 1. The highest BCUT2D eigenvalue weighted by atomic mass is 35.5. The Hall–Kier alpha value is -2.46. The number of amides is 1. The average molecular weight is 477 g/mol. The summed E-state index contributed by atoms with van der Waals surface area (Å²) in [4.78, 5) is 21.1. The first kappa shape index (κ1) is 20.8. The molecule has 0 aliphatic carbocycles. The van der Waals surface area contributed by atoms with Crippen molar-refractivity contribution in [1.82, 2.24) is 24.7 Å². The van der Waals surface area contributed by atoms with Gasteiger partial charge >= 0.3 is 0 Å². The van der Waals surface area contributed by atoms with E-state index in [9.17, 15) is 4.79 Å². The number of benzene rings is 1. The number of hydrogen-bond donors (Lipinski definition) is 1. The van der Waals surface area contributed by atoms with Crippen LogP contribution in [0.5, 0.6) is 0 Å². The predicted molar refractivity (Wildman–Crippen MR) is 121 cm³/mol. The highest BCUT2D eigenvalue weighted by molar-refractivity contribution is 7.99. The van der Waals surface area contributed by atoms with Gasteiger partial charge in [-0.15, -0.1) is 21.5 Å². The van der Waals surface area contributed by atoms with Crippen molar-refractivity contribution in [1.29, 1.82) is 0 Å². The number of nitrogens with one attached hydrogen (secondary N) is 1. The zero-order valence-electron chi connectivity index (χ0n) is 15.5. The van der Waals surface area contributed by atoms with Crippen molar-refractivity contribution in [2.24, 2.45) is 7.05 Å². The van der Waals surface area contributed by atoms with Gasteiger partial charge < -0.3 is 9.88 Å². The Balaban J connectivity index is 1.38. The van der Waals surface area contributed by atoms with E-state index in [1.807, 2.05) is 35.2 Å². The van der Waals surface area contributed by atoms with Gasteiger partial charge in [-0.3, -0.25) is 9.78 Å². The van der Waals surface area contributed by atoms with Crippen LogP contribution in [0.2, 0.25) is 10.0 Å². The topological polar surface area (TPSA) is 85.6 Å². The highest BCUT2D eigenvalue weighted by Gasteiger charge is 2.15.